The number of fused-ring (bicyclic) bond motifs is 3. The number of H-pyrrole nitrogens is 1. The quantitative estimate of drug-likeness (QED) is 0.464. The number of hydrogen-bond acceptors (Lipinski definition) is 8. The maximum Gasteiger partial charge on any atom is 0.277 e. The van der Waals surface area contributed by atoms with Gasteiger partial charge in [-0.25, -0.2) is 4.98 Å². The van der Waals surface area contributed by atoms with Crippen LogP contribution in [0.15, 0.2) is 44.8 Å². The zero-order valence-electron chi connectivity index (χ0n) is 15.5. The molecule has 5 rings (SSSR count). The second-order valence-corrected chi connectivity index (χ2v) is 8.77. The Kier molecular flexibility index (Phi) is 5.07. The minimum atomic E-state index is -0.0486. The molecule has 0 aliphatic heterocycles. The second kappa shape index (κ2) is 8.00. The highest BCUT2D eigenvalue weighted by molar-refractivity contribution is 7.98. The zero-order valence-corrected chi connectivity index (χ0v) is 17.1. The van der Waals surface area contributed by atoms with E-state index in [9.17, 15) is 4.79 Å². The smallest absolute Gasteiger partial charge is 0.277 e. The molecule has 4 aromatic rings. The van der Waals surface area contributed by atoms with Gasteiger partial charge >= 0.3 is 0 Å². The van der Waals surface area contributed by atoms with E-state index in [4.69, 9.17) is 9.15 Å². The molecule has 3 aromatic heterocycles. The molecule has 9 heteroatoms. The molecule has 7 nitrogen and oxygen atoms in total. The first kappa shape index (κ1) is 18.4. The summed E-state index contributed by atoms with van der Waals surface area (Å²) in [5, 5.41) is 9.23. The molecule has 0 fully saturated rings. The third-order valence-electron chi connectivity index (χ3n) is 4.76. The number of nitrogens with one attached hydrogen (secondary N) is 1. The van der Waals surface area contributed by atoms with Gasteiger partial charge < -0.3 is 14.1 Å². The molecule has 29 heavy (non-hydrogen) atoms. The van der Waals surface area contributed by atoms with Crippen LogP contribution in [0.4, 0.5) is 0 Å². The molecule has 0 spiro atoms. The average molecular weight is 427 g/mol. The first-order chi connectivity index (χ1) is 14.3. The van der Waals surface area contributed by atoms with Crippen molar-refractivity contribution in [2.75, 3.05) is 0 Å². The van der Waals surface area contributed by atoms with Gasteiger partial charge in [0.1, 0.15) is 16.4 Å². The highest BCUT2D eigenvalue weighted by atomic mass is 32.2. The third kappa shape index (κ3) is 3.92. The van der Waals surface area contributed by atoms with E-state index in [0.29, 0.717) is 22.7 Å². The van der Waals surface area contributed by atoms with Gasteiger partial charge in [-0.2, -0.15) is 0 Å². The SMILES string of the molecule is O=c1[nH]c(CSc2nnc(COc3ccccc3)o2)nc2sc3c(c12)CCCC3. The lowest BCUT2D eigenvalue weighted by Crippen LogP contribution is -2.12. The second-order valence-electron chi connectivity index (χ2n) is 6.76. The Balaban J connectivity index is 1.26. The molecule has 0 unspecified atom stereocenters. The van der Waals surface area contributed by atoms with E-state index >= 15 is 0 Å². The van der Waals surface area contributed by atoms with E-state index in [1.807, 2.05) is 30.3 Å². The van der Waals surface area contributed by atoms with E-state index in [1.54, 1.807) is 11.3 Å². The molecular formula is C20H18N4O3S2. The van der Waals surface area contributed by atoms with Crippen LogP contribution in [0.2, 0.25) is 0 Å². The van der Waals surface area contributed by atoms with Crippen LogP contribution in [-0.4, -0.2) is 20.2 Å². The van der Waals surface area contributed by atoms with E-state index in [2.05, 4.69) is 20.2 Å². The number of nitrogens with zero attached hydrogens (tertiary/aromatic N) is 3. The van der Waals surface area contributed by atoms with Crippen LogP contribution in [0, 0.1) is 0 Å². The molecule has 1 aromatic carbocycles. The summed E-state index contributed by atoms with van der Waals surface area (Å²) >= 11 is 2.99. The molecule has 1 aliphatic rings. The van der Waals surface area contributed by atoms with Gasteiger partial charge in [0, 0.05) is 4.88 Å². The fraction of sp³-hybridized carbons (Fsp3) is 0.300. The van der Waals surface area contributed by atoms with Crippen molar-refractivity contribution in [2.24, 2.45) is 0 Å². The minimum Gasteiger partial charge on any atom is -0.484 e. The lowest BCUT2D eigenvalue weighted by molar-refractivity contribution is 0.252. The number of aromatic amines is 1. The van der Waals surface area contributed by atoms with Gasteiger partial charge in [0.2, 0.25) is 0 Å². The van der Waals surface area contributed by atoms with Gasteiger partial charge in [0.05, 0.1) is 11.1 Å². The van der Waals surface area contributed by atoms with Crippen molar-refractivity contribution < 1.29 is 9.15 Å². The Morgan fingerprint density at radius 1 is 1.17 bits per heavy atom. The van der Waals surface area contributed by atoms with Crippen molar-refractivity contribution in [1.29, 1.82) is 0 Å². The molecule has 1 aliphatic carbocycles. The van der Waals surface area contributed by atoms with Gasteiger partial charge in [-0.15, -0.1) is 21.5 Å². The number of aryl methyl sites for hydroxylation is 2. The van der Waals surface area contributed by atoms with Gasteiger partial charge in [-0.1, -0.05) is 30.0 Å². The topological polar surface area (TPSA) is 93.9 Å². The van der Waals surface area contributed by atoms with Crippen LogP contribution in [0.3, 0.4) is 0 Å². The fourth-order valence-corrected chi connectivity index (χ4v) is 5.36. The number of para-hydroxylation sites is 1. The molecule has 0 radical (unpaired) electrons. The highest BCUT2D eigenvalue weighted by Gasteiger charge is 2.20. The molecule has 0 saturated carbocycles. The Morgan fingerprint density at radius 2 is 2.03 bits per heavy atom. The predicted molar refractivity (Wildman–Crippen MR) is 112 cm³/mol. The zero-order chi connectivity index (χ0) is 19.6. The molecule has 1 N–H and O–H groups in total. The first-order valence-electron chi connectivity index (χ1n) is 9.43. The summed E-state index contributed by atoms with van der Waals surface area (Å²) in [5.41, 5.74) is 1.15. The van der Waals surface area contributed by atoms with E-state index in [0.717, 1.165) is 35.2 Å². The molecule has 0 atom stereocenters. The standard InChI is InChI=1S/C20H18N4O3S2/c25-18-17-13-8-4-5-9-14(13)29-19(17)22-15(21-18)11-28-20-24-23-16(27-20)10-26-12-6-2-1-3-7-12/h1-3,6-7H,4-5,8-11H2,(H,21,22,25). The largest absolute Gasteiger partial charge is 0.484 e. The summed E-state index contributed by atoms with van der Waals surface area (Å²) in [6, 6.07) is 9.46. The van der Waals surface area contributed by atoms with Crippen LogP contribution in [-0.2, 0) is 25.2 Å². The summed E-state index contributed by atoms with van der Waals surface area (Å²) in [6.07, 6.45) is 4.36. The van der Waals surface area contributed by atoms with Crippen molar-refractivity contribution in [3.05, 3.63) is 62.8 Å². The molecular weight excluding hydrogens is 408 g/mol. The number of ether oxygens (including phenoxy) is 1. The third-order valence-corrected chi connectivity index (χ3v) is 6.78. The lowest BCUT2D eigenvalue weighted by atomic mass is 9.97. The van der Waals surface area contributed by atoms with Crippen LogP contribution in [0.25, 0.3) is 10.2 Å². The fourth-order valence-electron chi connectivity index (χ4n) is 3.42. The lowest BCUT2D eigenvalue weighted by Gasteiger charge is -2.09. The van der Waals surface area contributed by atoms with Crippen LogP contribution < -0.4 is 10.3 Å². The monoisotopic (exact) mass is 426 g/mol. The molecule has 148 valence electrons. The minimum absolute atomic E-state index is 0.0486. The van der Waals surface area contributed by atoms with Crippen molar-refractivity contribution in [3.8, 4) is 5.75 Å². The van der Waals surface area contributed by atoms with Gasteiger partial charge in [-0.3, -0.25) is 4.79 Å². The number of thioether (sulfide) groups is 1. The van der Waals surface area contributed by atoms with Crippen molar-refractivity contribution >= 4 is 33.3 Å². The predicted octanol–water partition coefficient (Wildman–Crippen LogP) is 4.12. The molecule has 3 heterocycles. The van der Waals surface area contributed by atoms with Crippen LogP contribution in [0.1, 0.15) is 35.0 Å². The Morgan fingerprint density at radius 3 is 2.93 bits per heavy atom. The Hall–Kier alpha value is -2.65. The van der Waals surface area contributed by atoms with Gasteiger partial charge in [0.15, 0.2) is 6.61 Å². The number of thiophene rings is 1. The van der Waals surface area contributed by atoms with E-state index in [1.165, 1.54) is 28.6 Å². The van der Waals surface area contributed by atoms with Gasteiger partial charge in [0.25, 0.3) is 16.7 Å². The normalized spacial score (nSPS) is 13.5. The average Bonchev–Trinajstić information content (AvgIpc) is 3.35. The highest BCUT2D eigenvalue weighted by Crippen LogP contribution is 2.33. The van der Waals surface area contributed by atoms with Crippen LogP contribution in [0.5, 0.6) is 5.75 Å². The maximum atomic E-state index is 12.6. The number of rotatable bonds is 6. The molecule has 0 amide bonds. The number of benzene rings is 1. The summed E-state index contributed by atoms with van der Waals surface area (Å²) in [4.78, 5) is 22.3. The number of hydrogen-bond donors (Lipinski definition) is 1. The summed E-state index contributed by atoms with van der Waals surface area (Å²) in [7, 11) is 0. The van der Waals surface area contributed by atoms with Gasteiger partial charge in [-0.05, 0) is 43.4 Å². The summed E-state index contributed by atoms with van der Waals surface area (Å²) < 4.78 is 11.2. The summed E-state index contributed by atoms with van der Waals surface area (Å²) in [5.74, 6) is 2.22. The first-order valence-corrected chi connectivity index (χ1v) is 11.2. The molecule has 0 saturated heterocycles. The number of aromatic nitrogens is 4. The maximum absolute atomic E-state index is 12.6. The van der Waals surface area contributed by atoms with E-state index < -0.39 is 0 Å². The van der Waals surface area contributed by atoms with Crippen molar-refractivity contribution in [3.63, 3.8) is 0 Å². The Bertz CT molecular complexity index is 1200. The van der Waals surface area contributed by atoms with E-state index in [-0.39, 0.29) is 12.2 Å². The van der Waals surface area contributed by atoms with Crippen LogP contribution >= 0.6 is 23.1 Å². The Labute approximate surface area is 174 Å². The molecule has 0 bridgehead atoms. The van der Waals surface area contributed by atoms with Crippen molar-refractivity contribution in [1.82, 2.24) is 20.2 Å². The van der Waals surface area contributed by atoms with Crippen molar-refractivity contribution in [2.45, 2.75) is 43.3 Å². The summed E-state index contributed by atoms with van der Waals surface area (Å²) in [6.45, 7) is 0.208.